The molecule has 0 aliphatic heterocycles. The number of rotatable bonds is 5. The number of hydrogen-bond acceptors (Lipinski definition) is 5. The Morgan fingerprint density at radius 1 is 1.17 bits per heavy atom. The van der Waals surface area contributed by atoms with Crippen LogP contribution in [-0.4, -0.2) is 25.7 Å². The van der Waals surface area contributed by atoms with Crippen molar-refractivity contribution in [3.8, 4) is 0 Å². The van der Waals surface area contributed by atoms with Gasteiger partial charge < -0.3 is 5.32 Å². The lowest BCUT2D eigenvalue weighted by Crippen LogP contribution is -2.19. The van der Waals surface area contributed by atoms with Crippen molar-refractivity contribution in [2.75, 3.05) is 5.32 Å². The molecule has 0 aliphatic rings. The van der Waals surface area contributed by atoms with Crippen LogP contribution in [0.2, 0.25) is 5.02 Å². The van der Waals surface area contributed by atoms with E-state index in [0.717, 1.165) is 22.2 Å². The number of aromatic nitrogens is 4. The van der Waals surface area contributed by atoms with Gasteiger partial charge in [0.2, 0.25) is 5.91 Å². The molecule has 2 aromatic heterocycles. The molecular weight excluding hydrogens is 406 g/mol. The predicted molar refractivity (Wildman–Crippen MR) is 116 cm³/mol. The molecule has 0 radical (unpaired) electrons. The highest BCUT2D eigenvalue weighted by molar-refractivity contribution is 8.00. The van der Waals surface area contributed by atoms with E-state index >= 15 is 0 Å². The molecular formula is C21H18ClN5OS. The Kier molecular flexibility index (Phi) is 5.51. The number of carbonyl (C=O) groups excluding carboxylic acids is 1. The number of halogens is 1. The molecule has 1 atom stereocenters. The molecule has 0 bridgehead atoms. The highest BCUT2D eigenvalue weighted by Crippen LogP contribution is 2.38. The summed E-state index contributed by atoms with van der Waals surface area (Å²) in [6.45, 7) is 1.92. The maximum absolute atomic E-state index is 13.2. The summed E-state index contributed by atoms with van der Waals surface area (Å²) in [7, 11) is 1.83. The van der Waals surface area contributed by atoms with Crippen molar-refractivity contribution < 1.29 is 4.79 Å². The fraction of sp³-hybridized carbons (Fsp3) is 0.143. The zero-order chi connectivity index (χ0) is 20.4. The van der Waals surface area contributed by atoms with E-state index < -0.39 is 5.25 Å². The summed E-state index contributed by atoms with van der Waals surface area (Å²) in [4.78, 5) is 21.9. The Hall–Kier alpha value is -2.90. The first-order chi connectivity index (χ1) is 14.0. The van der Waals surface area contributed by atoms with E-state index in [9.17, 15) is 4.79 Å². The fourth-order valence-electron chi connectivity index (χ4n) is 2.93. The van der Waals surface area contributed by atoms with Crippen LogP contribution in [0.3, 0.4) is 0 Å². The largest absolute Gasteiger partial charge is 0.325 e. The summed E-state index contributed by atoms with van der Waals surface area (Å²) >= 11 is 7.58. The minimum atomic E-state index is -0.505. The van der Waals surface area contributed by atoms with Gasteiger partial charge in [-0.2, -0.15) is 5.10 Å². The number of thioether (sulfide) groups is 1. The quantitative estimate of drug-likeness (QED) is 0.369. The number of anilines is 1. The second-order valence-corrected chi connectivity index (χ2v) is 8.05. The van der Waals surface area contributed by atoms with Crippen LogP contribution in [0.4, 0.5) is 5.69 Å². The second kappa shape index (κ2) is 8.23. The monoisotopic (exact) mass is 423 g/mol. The lowest BCUT2D eigenvalue weighted by Gasteiger charge is -2.17. The first kappa shape index (κ1) is 19.4. The molecule has 1 N–H and O–H groups in total. The maximum atomic E-state index is 13.2. The van der Waals surface area contributed by atoms with Crippen LogP contribution in [0, 0.1) is 6.92 Å². The van der Waals surface area contributed by atoms with Gasteiger partial charge in [-0.05, 0) is 30.2 Å². The minimum Gasteiger partial charge on any atom is -0.325 e. The van der Waals surface area contributed by atoms with Gasteiger partial charge >= 0.3 is 0 Å². The van der Waals surface area contributed by atoms with Crippen LogP contribution >= 0.6 is 23.4 Å². The highest BCUT2D eigenvalue weighted by Gasteiger charge is 2.24. The molecule has 146 valence electrons. The number of nitrogens with zero attached hydrogens (tertiary/aromatic N) is 4. The van der Waals surface area contributed by atoms with E-state index in [0.29, 0.717) is 15.7 Å². The summed E-state index contributed by atoms with van der Waals surface area (Å²) in [5.41, 5.74) is 3.21. The molecule has 2 aromatic carbocycles. The van der Waals surface area contributed by atoms with E-state index in [1.54, 1.807) is 16.9 Å². The van der Waals surface area contributed by atoms with Crippen LogP contribution in [0.1, 0.15) is 16.4 Å². The third kappa shape index (κ3) is 4.11. The SMILES string of the molecule is Cc1ccc(NC(=O)C(Sc2ncnc3c2cnn3C)c2ccccc2)cc1Cl. The van der Waals surface area contributed by atoms with Gasteiger partial charge in [0.1, 0.15) is 16.6 Å². The Labute approximate surface area is 177 Å². The summed E-state index contributed by atoms with van der Waals surface area (Å²) in [6, 6.07) is 15.1. The minimum absolute atomic E-state index is 0.156. The van der Waals surface area contributed by atoms with Crippen molar-refractivity contribution in [2.45, 2.75) is 17.2 Å². The summed E-state index contributed by atoms with van der Waals surface area (Å²) < 4.78 is 1.69. The van der Waals surface area contributed by atoms with Crippen molar-refractivity contribution in [1.82, 2.24) is 19.7 Å². The standard InChI is InChI=1S/C21H18ClN5OS/c1-13-8-9-15(10-17(13)22)26-20(28)18(14-6-4-3-5-7-14)29-21-16-11-25-27(2)19(16)23-12-24-21/h3-12,18H,1-2H3,(H,26,28). The molecule has 2 heterocycles. The first-order valence-electron chi connectivity index (χ1n) is 8.94. The zero-order valence-corrected chi connectivity index (χ0v) is 17.4. The summed E-state index contributed by atoms with van der Waals surface area (Å²) in [5.74, 6) is -0.156. The number of nitrogens with one attached hydrogen (secondary N) is 1. The van der Waals surface area contributed by atoms with Crippen LogP contribution in [-0.2, 0) is 11.8 Å². The van der Waals surface area contributed by atoms with Gasteiger partial charge in [0.05, 0.1) is 11.6 Å². The average molecular weight is 424 g/mol. The zero-order valence-electron chi connectivity index (χ0n) is 15.8. The molecule has 0 saturated heterocycles. The first-order valence-corrected chi connectivity index (χ1v) is 10.2. The number of amides is 1. The van der Waals surface area contributed by atoms with Crippen LogP contribution < -0.4 is 5.32 Å². The topological polar surface area (TPSA) is 72.7 Å². The van der Waals surface area contributed by atoms with Crippen LogP contribution in [0.5, 0.6) is 0 Å². The molecule has 0 aliphatic carbocycles. The Bertz CT molecular complexity index is 1180. The molecule has 0 spiro atoms. The summed E-state index contributed by atoms with van der Waals surface area (Å²) in [5, 5.41) is 8.85. The van der Waals surface area contributed by atoms with Crippen molar-refractivity contribution in [3.05, 3.63) is 77.2 Å². The van der Waals surface area contributed by atoms with E-state index in [-0.39, 0.29) is 5.91 Å². The Morgan fingerprint density at radius 3 is 2.72 bits per heavy atom. The molecule has 0 saturated carbocycles. The molecule has 8 heteroatoms. The predicted octanol–water partition coefficient (Wildman–Crippen LogP) is 4.80. The van der Waals surface area contributed by atoms with E-state index in [4.69, 9.17) is 11.6 Å². The van der Waals surface area contributed by atoms with Gasteiger partial charge in [-0.15, -0.1) is 0 Å². The maximum Gasteiger partial charge on any atom is 0.242 e. The Morgan fingerprint density at radius 2 is 1.97 bits per heavy atom. The third-order valence-electron chi connectivity index (χ3n) is 4.50. The lowest BCUT2D eigenvalue weighted by atomic mass is 10.1. The highest BCUT2D eigenvalue weighted by atomic mass is 35.5. The van der Waals surface area contributed by atoms with Crippen LogP contribution in [0.25, 0.3) is 11.0 Å². The molecule has 29 heavy (non-hydrogen) atoms. The van der Waals surface area contributed by atoms with E-state index in [2.05, 4.69) is 20.4 Å². The van der Waals surface area contributed by atoms with Crippen molar-refractivity contribution >= 4 is 46.0 Å². The van der Waals surface area contributed by atoms with Gasteiger partial charge in [-0.1, -0.05) is 59.8 Å². The molecule has 0 fully saturated rings. The number of fused-ring (bicyclic) bond motifs is 1. The molecule has 6 nitrogen and oxygen atoms in total. The number of carbonyl (C=O) groups is 1. The lowest BCUT2D eigenvalue weighted by molar-refractivity contribution is -0.115. The van der Waals surface area contributed by atoms with Gasteiger partial charge in [0, 0.05) is 17.8 Å². The normalized spacial score (nSPS) is 12.1. The number of hydrogen-bond donors (Lipinski definition) is 1. The number of benzene rings is 2. The van der Waals surface area contributed by atoms with Crippen molar-refractivity contribution in [3.63, 3.8) is 0 Å². The third-order valence-corrected chi connectivity index (χ3v) is 6.18. The van der Waals surface area contributed by atoms with Gasteiger partial charge in [0.25, 0.3) is 0 Å². The second-order valence-electron chi connectivity index (χ2n) is 6.55. The van der Waals surface area contributed by atoms with Crippen molar-refractivity contribution in [1.29, 1.82) is 0 Å². The van der Waals surface area contributed by atoms with E-state index in [1.807, 2.05) is 56.4 Å². The summed E-state index contributed by atoms with van der Waals surface area (Å²) in [6.07, 6.45) is 3.21. The molecule has 1 amide bonds. The van der Waals surface area contributed by atoms with Gasteiger partial charge in [0.15, 0.2) is 5.65 Å². The smallest absolute Gasteiger partial charge is 0.242 e. The van der Waals surface area contributed by atoms with Crippen LogP contribution in [0.15, 0.2) is 66.1 Å². The molecule has 1 unspecified atom stereocenters. The van der Waals surface area contributed by atoms with Gasteiger partial charge in [-0.25, -0.2) is 9.97 Å². The van der Waals surface area contributed by atoms with Gasteiger partial charge in [-0.3, -0.25) is 9.48 Å². The molecule has 4 rings (SSSR count). The molecule has 4 aromatic rings. The van der Waals surface area contributed by atoms with E-state index in [1.165, 1.54) is 18.1 Å². The van der Waals surface area contributed by atoms with Crippen molar-refractivity contribution in [2.24, 2.45) is 7.05 Å². The Balaban J connectivity index is 1.68. The average Bonchev–Trinajstić information content (AvgIpc) is 3.11. The fourth-order valence-corrected chi connectivity index (χ4v) is 4.17. The number of aryl methyl sites for hydroxylation is 2.